The lowest BCUT2D eigenvalue weighted by molar-refractivity contribution is 0.0950. The van der Waals surface area contributed by atoms with Crippen LogP contribution in [-0.4, -0.2) is 32.1 Å². The molecule has 3 aromatic heterocycles. The van der Waals surface area contributed by atoms with Crippen molar-refractivity contribution in [1.82, 2.24) is 25.4 Å². The van der Waals surface area contributed by atoms with E-state index in [9.17, 15) is 4.79 Å². The molecule has 0 spiro atoms. The minimum Gasteiger partial charge on any atom is -0.276 e. The number of aromatic nitrogens is 4. The first-order valence-corrected chi connectivity index (χ1v) is 10.4. The number of nitrogens with zero attached hydrogens (tertiary/aromatic N) is 4. The van der Waals surface area contributed by atoms with Crippen LogP contribution in [-0.2, 0) is 0 Å². The Balaban J connectivity index is 1.47. The Labute approximate surface area is 179 Å². The van der Waals surface area contributed by atoms with Gasteiger partial charge in [0.05, 0.1) is 37.6 Å². The predicted molar refractivity (Wildman–Crippen MR) is 118 cm³/mol. The Morgan fingerprint density at radius 3 is 2.76 bits per heavy atom. The summed E-state index contributed by atoms with van der Waals surface area (Å²) in [6.07, 6.45) is 1.61. The first-order valence-electron chi connectivity index (χ1n) is 8.79. The van der Waals surface area contributed by atoms with Crippen LogP contribution in [0.5, 0.6) is 0 Å². The van der Waals surface area contributed by atoms with Gasteiger partial charge in [-0.1, -0.05) is 18.2 Å². The molecule has 7 nitrogen and oxygen atoms in total. The van der Waals surface area contributed by atoms with Gasteiger partial charge in [0, 0.05) is 5.56 Å². The van der Waals surface area contributed by atoms with E-state index in [0.717, 1.165) is 37.0 Å². The molecule has 0 atom stereocenters. The highest BCUT2D eigenvalue weighted by molar-refractivity contribution is 9.11. The molecule has 4 rings (SSSR count). The van der Waals surface area contributed by atoms with E-state index in [2.05, 4.69) is 41.8 Å². The highest BCUT2D eigenvalue weighted by atomic mass is 79.9. The average Bonchev–Trinajstić information content (AvgIpc) is 3.43. The fourth-order valence-electron chi connectivity index (χ4n) is 2.90. The summed E-state index contributed by atoms with van der Waals surface area (Å²) in [7, 11) is 0. The molecule has 1 amide bonds. The van der Waals surface area contributed by atoms with E-state index < -0.39 is 0 Å². The van der Waals surface area contributed by atoms with E-state index >= 15 is 0 Å². The Kier molecular flexibility index (Phi) is 5.41. The summed E-state index contributed by atoms with van der Waals surface area (Å²) in [6.45, 7) is 3.88. The quantitative estimate of drug-likeness (QED) is 0.334. The maximum absolute atomic E-state index is 12.3. The normalized spacial score (nSPS) is 11.3. The molecule has 2 N–H and O–H groups in total. The van der Waals surface area contributed by atoms with Crippen LogP contribution in [0.1, 0.15) is 27.4 Å². The second kappa shape index (κ2) is 8.14. The Hall–Kier alpha value is -3.04. The minimum absolute atomic E-state index is 0.273. The fraction of sp³-hybridized carbons (Fsp3) is 0.100. The molecule has 0 aliphatic heterocycles. The van der Waals surface area contributed by atoms with E-state index in [0.29, 0.717) is 0 Å². The van der Waals surface area contributed by atoms with Crippen LogP contribution in [0.2, 0.25) is 0 Å². The van der Waals surface area contributed by atoms with Gasteiger partial charge >= 0.3 is 0 Å². The van der Waals surface area contributed by atoms with E-state index in [-0.39, 0.29) is 11.6 Å². The van der Waals surface area contributed by atoms with Crippen molar-refractivity contribution >= 4 is 39.4 Å². The summed E-state index contributed by atoms with van der Waals surface area (Å²) in [4.78, 5) is 13.3. The molecule has 3 heterocycles. The van der Waals surface area contributed by atoms with Gasteiger partial charge in [0.15, 0.2) is 5.69 Å². The Bertz CT molecular complexity index is 1190. The Morgan fingerprint density at radius 1 is 1.24 bits per heavy atom. The van der Waals surface area contributed by atoms with Crippen molar-refractivity contribution in [3.63, 3.8) is 0 Å². The van der Waals surface area contributed by atoms with Gasteiger partial charge < -0.3 is 0 Å². The van der Waals surface area contributed by atoms with Crippen molar-refractivity contribution in [1.29, 1.82) is 0 Å². The summed E-state index contributed by atoms with van der Waals surface area (Å²) in [6, 6.07) is 15.5. The third-order valence-corrected chi connectivity index (χ3v) is 6.01. The predicted octanol–water partition coefficient (Wildman–Crippen LogP) is 4.47. The smallest absolute Gasteiger partial charge is 0.276 e. The molecular formula is C20H17BrN6OS. The third-order valence-electron chi connectivity index (χ3n) is 4.36. The summed E-state index contributed by atoms with van der Waals surface area (Å²) < 4.78 is 2.87. The van der Waals surface area contributed by atoms with Gasteiger partial charge in [-0.2, -0.15) is 15.3 Å². The Morgan fingerprint density at radius 2 is 2.03 bits per heavy atom. The number of hydrazone groups is 1. The van der Waals surface area contributed by atoms with E-state index in [1.165, 1.54) is 0 Å². The molecule has 0 aliphatic rings. The number of aromatic amines is 1. The first-order chi connectivity index (χ1) is 14.0. The molecule has 0 radical (unpaired) electrons. The summed E-state index contributed by atoms with van der Waals surface area (Å²) in [5, 5.41) is 15.6. The van der Waals surface area contributed by atoms with Gasteiger partial charge in [0.1, 0.15) is 0 Å². The molecule has 146 valence electrons. The lowest BCUT2D eigenvalue weighted by atomic mass is 10.2. The molecule has 4 aromatic rings. The number of halogens is 1. The van der Waals surface area contributed by atoms with Gasteiger partial charge in [-0.25, -0.2) is 10.1 Å². The molecule has 1 aromatic carbocycles. The number of nitrogens with one attached hydrogen (secondary N) is 2. The van der Waals surface area contributed by atoms with Crippen molar-refractivity contribution in [3.05, 3.63) is 75.0 Å². The fourth-order valence-corrected chi connectivity index (χ4v) is 4.25. The zero-order valence-corrected chi connectivity index (χ0v) is 18.1. The van der Waals surface area contributed by atoms with Crippen LogP contribution in [0, 0.1) is 13.8 Å². The molecular weight excluding hydrogens is 452 g/mol. The summed E-state index contributed by atoms with van der Waals surface area (Å²) in [5.74, 6) is -0.384. The van der Waals surface area contributed by atoms with Gasteiger partial charge in [-0.3, -0.25) is 9.89 Å². The van der Waals surface area contributed by atoms with Gasteiger partial charge in [0.25, 0.3) is 5.91 Å². The van der Waals surface area contributed by atoms with Crippen LogP contribution in [0.15, 0.2) is 57.4 Å². The molecule has 0 fully saturated rings. The first kappa shape index (κ1) is 19.3. The van der Waals surface area contributed by atoms with E-state index in [1.54, 1.807) is 23.6 Å². The van der Waals surface area contributed by atoms with Crippen LogP contribution in [0.4, 0.5) is 0 Å². The van der Waals surface area contributed by atoms with E-state index in [1.807, 2.05) is 61.0 Å². The zero-order valence-electron chi connectivity index (χ0n) is 15.7. The number of hydrogen-bond acceptors (Lipinski definition) is 5. The zero-order chi connectivity index (χ0) is 20.4. The number of carbonyl (C=O) groups is 1. The van der Waals surface area contributed by atoms with Crippen LogP contribution in [0.3, 0.4) is 0 Å². The number of hydrogen-bond donors (Lipinski definition) is 2. The maximum Gasteiger partial charge on any atom is 0.291 e. The maximum atomic E-state index is 12.3. The second-order valence-corrected chi connectivity index (χ2v) is 8.76. The largest absolute Gasteiger partial charge is 0.291 e. The van der Waals surface area contributed by atoms with Crippen LogP contribution >= 0.6 is 27.3 Å². The standard InChI is InChI=1S/C20H17BrN6OS/c1-12-15(13(2)27(26-12)14-6-4-3-5-7-14)11-22-25-20(28)17-10-16(23-24-17)18-8-9-19(21)29-18/h3-11H,1-2H3,(H,23,24)(H,25,28). The number of aryl methyl sites for hydroxylation is 1. The molecule has 0 saturated carbocycles. The van der Waals surface area contributed by atoms with Crippen molar-refractivity contribution in [2.24, 2.45) is 5.10 Å². The number of carbonyl (C=O) groups excluding carboxylic acids is 1. The van der Waals surface area contributed by atoms with Gasteiger partial charge in [0.2, 0.25) is 0 Å². The highest BCUT2D eigenvalue weighted by Gasteiger charge is 2.13. The summed E-state index contributed by atoms with van der Waals surface area (Å²) in [5.41, 5.74) is 7.19. The topological polar surface area (TPSA) is 88.0 Å². The van der Waals surface area contributed by atoms with Crippen molar-refractivity contribution in [3.8, 4) is 16.3 Å². The van der Waals surface area contributed by atoms with E-state index in [4.69, 9.17) is 0 Å². The van der Waals surface area contributed by atoms with Crippen molar-refractivity contribution < 1.29 is 4.79 Å². The SMILES string of the molecule is Cc1nn(-c2ccccc2)c(C)c1C=NNC(=O)c1cc(-c2ccc(Br)s2)[nH]n1. The highest BCUT2D eigenvalue weighted by Crippen LogP contribution is 2.30. The lowest BCUT2D eigenvalue weighted by Gasteiger charge is -2.03. The lowest BCUT2D eigenvalue weighted by Crippen LogP contribution is -2.18. The summed E-state index contributed by atoms with van der Waals surface area (Å²) >= 11 is 4.99. The second-order valence-electron chi connectivity index (χ2n) is 6.30. The number of H-pyrrole nitrogens is 1. The molecule has 0 saturated heterocycles. The van der Waals surface area contributed by atoms with Crippen molar-refractivity contribution in [2.45, 2.75) is 13.8 Å². The number of benzene rings is 1. The van der Waals surface area contributed by atoms with Crippen molar-refractivity contribution in [2.75, 3.05) is 0 Å². The van der Waals surface area contributed by atoms with Gasteiger partial charge in [-0.15, -0.1) is 11.3 Å². The molecule has 0 unspecified atom stereocenters. The van der Waals surface area contributed by atoms with Crippen LogP contribution < -0.4 is 5.43 Å². The van der Waals surface area contributed by atoms with Gasteiger partial charge in [-0.05, 0) is 60.1 Å². The number of amides is 1. The molecule has 0 aliphatic carbocycles. The number of rotatable bonds is 5. The minimum atomic E-state index is -0.384. The number of thiophene rings is 1. The number of para-hydroxylation sites is 1. The molecule has 0 bridgehead atoms. The molecule has 29 heavy (non-hydrogen) atoms. The average molecular weight is 469 g/mol. The third kappa shape index (κ3) is 4.06. The monoisotopic (exact) mass is 468 g/mol. The van der Waals surface area contributed by atoms with Crippen LogP contribution in [0.25, 0.3) is 16.3 Å². The molecule has 9 heteroatoms.